The monoisotopic (exact) mass is 450 g/mol. The molecule has 2 aromatic heterocycles. The van der Waals surface area contributed by atoms with Crippen LogP contribution in [0, 0.1) is 12.8 Å². The van der Waals surface area contributed by atoms with E-state index in [9.17, 15) is 9.59 Å². The van der Waals surface area contributed by atoms with E-state index in [0.717, 1.165) is 27.8 Å². The van der Waals surface area contributed by atoms with Crippen molar-refractivity contribution < 1.29 is 14.3 Å². The molecule has 3 rings (SSSR count). The van der Waals surface area contributed by atoms with Crippen LogP contribution in [0.3, 0.4) is 0 Å². The third-order valence-electron chi connectivity index (χ3n) is 5.66. The molecule has 164 valence electrons. The van der Waals surface area contributed by atoms with Gasteiger partial charge in [-0.3, -0.25) is 4.79 Å². The maximum atomic E-state index is 12.6. The molecule has 0 aromatic carbocycles. The van der Waals surface area contributed by atoms with E-state index in [1.165, 1.54) is 62.3 Å². The van der Waals surface area contributed by atoms with Crippen LogP contribution in [0.1, 0.15) is 65.7 Å². The largest absolute Gasteiger partial charge is 0.465 e. The molecule has 1 amide bonds. The maximum absolute atomic E-state index is 12.6. The molecule has 0 unspecified atom stereocenters. The second-order valence-corrected chi connectivity index (χ2v) is 9.86. The Kier molecular flexibility index (Phi) is 7.93. The van der Waals surface area contributed by atoms with Crippen molar-refractivity contribution in [3.05, 3.63) is 21.8 Å². The molecule has 0 radical (unpaired) electrons. The summed E-state index contributed by atoms with van der Waals surface area (Å²) in [7, 11) is 3.32. The highest BCUT2D eigenvalue weighted by molar-refractivity contribution is 7.99. The number of thiophene rings is 1. The Morgan fingerprint density at radius 3 is 2.67 bits per heavy atom. The molecule has 1 saturated carbocycles. The van der Waals surface area contributed by atoms with E-state index in [1.54, 1.807) is 0 Å². The van der Waals surface area contributed by atoms with Gasteiger partial charge >= 0.3 is 5.97 Å². The Balaban J connectivity index is 1.61. The summed E-state index contributed by atoms with van der Waals surface area (Å²) in [6.45, 7) is 3.94. The number of hydrogen-bond acceptors (Lipinski definition) is 7. The normalized spacial score (nSPS) is 14.7. The van der Waals surface area contributed by atoms with E-state index in [1.807, 2.05) is 25.5 Å². The van der Waals surface area contributed by atoms with E-state index < -0.39 is 5.97 Å². The summed E-state index contributed by atoms with van der Waals surface area (Å²) in [5, 5.41) is 12.8. The summed E-state index contributed by atoms with van der Waals surface area (Å²) in [6, 6.07) is 0. The van der Waals surface area contributed by atoms with E-state index in [4.69, 9.17) is 4.74 Å². The third kappa shape index (κ3) is 5.24. The first-order chi connectivity index (χ1) is 14.4. The third-order valence-corrected chi connectivity index (χ3v) is 7.74. The molecule has 1 N–H and O–H groups in total. The Hall–Kier alpha value is -1.87. The molecule has 1 aliphatic carbocycles. The number of esters is 1. The molecular formula is C21H30N4O3S2. The lowest BCUT2D eigenvalue weighted by Gasteiger charge is -2.20. The molecular weight excluding hydrogens is 420 g/mol. The summed E-state index contributed by atoms with van der Waals surface area (Å²) in [4.78, 5) is 25.8. The summed E-state index contributed by atoms with van der Waals surface area (Å²) in [5.41, 5.74) is 1.39. The maximum Gasteiger partial charge on any atom is 0.341 e. The van der Waals surface area contributed by atoms with Crippen LogP contribution in [0.2, 0.25) is 0 Å². The fourth-order valence-corrected chi connectivity index (χ4v) is 5.88. The first kappa shape index (κ1) is 22.8. The van der Waals surface area contributed by atoms with Crippen LogP contribution in [0.15, 0.2) is 5.16 Å². The average molecular weight is 451 g/mol. The molecule has 7 nitrogen and oxygen atoms in total. The van der Waals surface area contributed by atoms with Gasteiger partial charge in [0.05, 0.1) is 18.4 Å². The van der Waals surface area contributed by atoms with Gasteiger partial charge < -0.3 is 14.6 Å². The second-order valence-electron chi connectivity index (χ2n) is 7.69. The number of aromatic nitrogens is 3. The number of rotatable bonds is 8. The lowest BCUT2D eigenvalue weighted by Crippen LogP contribution is -2.16. The number of aryl methyl sites for hydroxylation is 1. The minimum absolute atomic E-state index is 0.175. The Morgan fingerprint density at radius 2 is 2.00 bits per heavy atom. The van der Waals surface area contributed by atoms with Crippen molar-refractivity contribution in [1.82, 2.24) is 14.8 Å². The Morgan fingerprint density at radius 1 is 1.27 bits per heavy atom. The van der Waals surface area contributed by atoms with Gasteiger partial charge in [0.15, 0.2) is 5.16 Å². The lowest BCUT2D eigenvalue weighted by molar-refractivity contribution is -0.113. The second kappa shape index (κ2) is 10.4. The Labute approximate surface area is 186 Å². The first-order valence-electron chi connectivity index (χ1n) is 10.5. The number of ether oxygens (including phenoxy) is 1. The van der Waals surface area contributed by atoms with Gasteiger partial charge in [0.2, 0.25) is 5.91 Å². The zero-order valence-corrected chi connectivity index (χ0v) is 19.8. The van der Waals surface area contributed by atoms with Gasteiger partial charge in [-0.05, 0) is 24.8 Å². The molecule has 0 spiro atoms. The van der Waals surface area contributed by atoms with Gasteiger partial charge in [-0.2, -0.15) is 0 Å². The van der Waals surface area contributed by atoms with Gasteiger partial charge in [-0.25, -0.2) is 4.79 Å². The van der Waals surface area contributed by atoms with E-state index in [-0.39, 0.29) is 11.7 Å². The number of carbonyl (C=O) groups excluding carboxylic acids is 2. The van der Waals surface area contributed by atoms with Crippen LogP contribution >= 0.6 is 23.1 Å². The molecule has 9 heteroatoms. The predicted molar refractivity (Wildman–Crippen MR) is 120 cm³/mol. The zero-order chi connectivity index (χ0) is 21.7. The zero-order valence-electron chi connectivity index (χ0n) is 18.1. The molecule has 30 heavy (non-hydrogen) atoms. The van der Waals surface area contributed by atoms with Crippen molar-refractivity contribution in [3.8, 4) is 0 Å². The van der Waals surface area contributed by atoms with Crippen molar-refractivity contribution >= 4 is 40.0 Å². The number of thioether (sulfide) groups is 1. The summed E-state index contributed by atoms with van der Waals surface area (Å²) in [5.74, 6) is 1.29. The van der Waals surface area contributed by atoms with Gasteiger partial charge in [0.1, 0.15) is 10.8 Å². The average Bonchev–Trinajstić information content (AvgIpc) is 3.25. The summed E-state index contributed by atoms with van der Waals surface area (Å²) >= 11 is 2.77. The van der Waals surface area contributed by atoms with Crippen LogP contribution in [0.5, 0.6) is 0 Å². The van der Waals surface area contributed by atoms with Gasteiger partial charge in [-0.15, -0.1) is 21.5 Å². The van der Waals surface area contributed by atoms with Crippen LogP contribution in [0.25, 0.3) is 0 Å². The van der Waals surface area contributed by atoms with Crippen LogP contribution < -0.4 is 5.32 Å². The number of anilines is 1. The van der Waals surface area contributed by atoms with Crippen molar-refractivity contribution in [1.29, 1.82) is 0 Å². The molecule has 0 atom stereocenters. The highest BCUT2D eigenvalue weighted by atomic mass is 32.2. The minimum atomic E-state index is -0.417. The van der Waals surface area contributed by atoms with Crippen LogP contribution in [0.4, 0.5) is 5.00 Å². The highest BCUT2D eigenvalue weighted by Gasteiger charge is 2.23. The Bertz CT molecular complexity index is 900. The highest BCUT2D eigenvalue weighted by Crippen LogP contribution is 2.34. The predicted octanol–water partition coefficient (Wildman–Crippen LogP) is 4.39. The van der Waals surface area contributed by atoms with Crippen LogP contribution in [-0.2, 0) is 29.4 Å². The SMILES string of the molecule is CCc1c(C)sc(NC(=O)CSc2nnc(CC3CCCCC3)n2C)c1C(=O)OC. The molecule has 1 aliphatic rings. The molecule has 2 aromatic rings. The van der Waals surface area contributed by atoms with E-state index >= 15 is 0 Å². The number of hydrogen-bond donors (Lipinski definition) is 1. The molecule has 0 saturated heterocycles. The summed E-state index contributed by atoms with van der Waals surface area (Å²) in [6.07, 6.45) is 8.14. The molecule has 0 bridgehead atoms. The first-order valence-corrected chi connectivity index (χ1v) is 12.3. The molecule has 1 fully saturated rings. The van der Waals surface area contributed by atoms with Gasteiger partial charge in [-0.1, -0.05) is 50.8 Å². The van der Waals surface area contributed by atoms with Crippen molar-refractivity contribution in [3.63, 3.8) is 0 Å². The fourth-order valence-electron chi connectivity index (χ4n) is 4.00. The van der Waals surface area contributed by atoms with Crippen LogP contribution in [-0.4, -0.2) is 39.5 Å². The molecule has 2 heterocycles. The van der Waals surface area contributed by atoms with Gasteiger partial charge in [0.25, 0.3) is 0 Å². The number of nitrogens with zero attached hydrogens (tertiary/aromatic N) is 3. The van der Waals surface area contributed by atoms with Crippen molar-refractivity contribution in [2.75, 3.05) is 18.2 Å². The fraction of sp³-hybridized carbons (Fsp3) is 0.619. The quantitative estimate of drug-likeness (QED) is 0.474. The number of methoxy groups -OCH3 is 1. The van der Waals surface area contributed by atoms with Crippen molar-refractivity contribution in [2.24, 2.45) is 13.0 Å². The summed E-state index contributed by atoms with van der Waals surface area (Å²) < 4.78 is 6.91. The smallest absolute Gasteiger partial charge is 0.341 e. The minimum Gasteiger partial charge on any atom is -0.465 e. The molecule has 0 aliphatic heterocycles. The van der Waals surface area contributed by atoms with Crippen molar-refractivity contribution in [2.45, 2.75) is 63.9 Å². The number of carbonyl (C=O) groups is 2. The van der Waals surface area contributed by atoms with E-state index in [0.29, 0.717) is 22.9 Å². The standard InChI is InChI=1S/C21H30N4O3S2/c1-5-15-13(2)30-19(18(15)20(27)28-4)22-17(26)12-29-21-24-23-16(25(21)3)11-14-9-7-6-8-10-14/h14H,5-12H2,1-4H3,(H,22,26). The van der Waals surface area contributed by atoms with Gasteiger partial charge in [0, 0.05) is 18.3 Å². The number of amides is 1. The number of nitrogens with one attached hydrogen (secondary N) is 1. The van der Waals surface area contributed by atoms with E-state index in [2.05, 4.69) is 15.5 Å². The topological polar surface area (TPSA) is 86.1 Å². The lowest BCUT2D eigenvalue weighted by atomic mass is 9.87.